The first-order valence-corrected chi connectivity index (χ1v) is 7.20. The first-order valence-electron chi connectivity index (χ1n) is 6.82. The summed E-state index contributed by atoms with van der Waals surface area (Å²) in [6.07, 6.45) is 4.63. The van der Waals surface area contributed by atoms with Crippen LogP contribution in [0.25, 0.3) is 0 Å². The van der Waals surface area contributed by atoms with Crippen molar-refractivity contribution in [1.29, 1.82) is 0 Å². The highest BCUT2D eigenvalue weighted by Crippen LogP contribution is 2.26. The minimum atomic E-state index is 0.157. The molecule has 1 aromatic heterocycles. The highest BCUT2D eigenvalue weighted by atomic mass is 35.5. The summed E-state index contributed by atoms with van der Waals surface area (Å²) in [6.45, 7) is 4.08. The van der Waals surface area contributed by atoms with Crippen molar-refractivity contribution in [1.82, 2.24) is 9.97 Å². The fourth-order valence-corrected chi connectivity index (χ4v) is 2.51. The number of methoxy groups -OCH3 is 1. The lowest BCUT2D eigenvalue weighted by atomic mass is 9.95. The fourth-order valence-electron chi connectivity index (χ4n) is 2.33. The van der Waals surface area contributed by atoms with Crippen LogP contribution in [0.4, 0.5) is 0 Å². The lowest BCUT2D eigenvalue weighted by molar-refractivity contribution is 0.0194. The molecule has 0 spiro atoms. The summed E-state index contributed by atoms with van der Waals surface area (Å²) in [5, 5.41) is 0.438. The van der Waals surface area contributed by atoms with Crippen molar-refractivity contribution in [2.24, 2.45) is 0 Å². The maximum atomic E-state index is 6.01. The summed E-state index contributed by atoms with van der Waals surface area (Å²) in [4.78, 5) is 8.63. The summed E-state index contributed by atoms with van der Waals surface area (Å²) >= 11 is 6.01. The van der Waals surface area contributed by atoms with Crippen molar-refractivity contribution in [2.75, 3.05) is 7.11 Å². The quantitative estimate of drug-likeness (QED) is 0.793. The molecule has 2 rings (SSSR count). The predicted molar refractivity (Wildman–Crippen MR) is 74.8 cm³/mol. The minimum absolute atomic E-state index is 0.157. The van der Waals surface area contributed by atoms with Gasteiger partial charge in [-0.15, -0.1) is 0 Å². The topological polar surface area (TPSA) is 44.2 Å². The third-order valence-corrected chi connectivity index (χ3v) is 3.60. The Morgan fingerprint density at radius 3 is 2.68 bits per heavy atom. The van der Waals surface area contributed by atoms with Crippen LogP contribution in [0.2, 0.25) is 5.15 Å². The molecule has 0 aromatic carbocycles. The smallest absolute Gasteiger partial charge is 0.218 e. The third kappa shape index (κ3) is 4.05. The normalized spacial score (nSPS) is 23.6. The summed E-state index contributed by atoms with van der Waals surface area (Å²) in [7, 11) is 1.76. The van der Waals surface area contributed by atoms with Gasteiger partial charge in [0.2, 0.25) is 5.88 Å². The van der Waals surface area contributed by atoms with Crippen LogP contribution < -0.4 is 4.74 Å². The van der Waals surface area contributed by atoms with Crippen LogP contribution in [-0.2, 0) is 4.74 Å². The SMILES string of the molecule is COC1CCCC(Oc2cc(Cl)nc(C(C)C)n2)C1. The molecule has 106 valence electrons. The molecule has 0 N–H and O–H groups in total. The molecule has 5 heteroatoms. The van der Waals surface area contributed by atoms with Crippen molar-refractivity contribution in [3.05, 3.63) is 17.0 Å². The monoisotopic (exact) mass is 284 g/mol. The largest absolute Gasteiger partial charge is 0.474 e. The van der Waals surface area contributed by atoms with E-state index in [1.807, 2.05) is 13.8 Å². The van der Waals surface area contributed by atoms with Gasteiger partial charge in [-0.25, -0.2) is 4.98 Å². The summed E-state index contributed by atoms with van der Waals surface area (Å²) in [5.41, 5.74) is 0. The van der Waals surface area contributed by atoms with E-state index in [2.05, 4.69) is 9.97 Å². The van der Waals surface area contributed by atoms with E-state index in [9.17, 15) is 0 Å². The first kappa shape index (κ1) is 14.5. The van der Waals surface area contributed by atoms with Gasteiger partial charge in [-0.3, -0.25) is 0 Å². The van der Waals surface area contributed by atoms with E-state index in [0.717, 1.165) is 31.5 Å². The molecule has 0 amide bonds. The highest BCUT2D eigenvalue weighted by molar-refractivity contribution is 6.29. The Bertz CT molecular complexity index is 426. The molecule has 0 bridgehead atoms. The van der Waals surface area contributed by atoms with Gasteiger partial charge in [0.1, 0.15) is 17.1 Å². The second-order valence-electron chi connectivity index (χ2n) is 5.31. The van der Waals surface area contributed by atoms with Crippen LogP contribution in [0, 0.1) is 0 Å². The molecule has 1 fully saturated rings. The molecular weight excluding hydrogens is 264 g/mol. The van der Waals surface area contributed by atoms with Gasteiger partial charge in [0.05, 0.1) is 6.10 Å². The molecule has 1 aliphatic carbocycles. The van der Waals surface area contributed by atoms with Crippen LogP contribution in [0.3, 0.4) is 0 Å². The first-order chi connectivity index (χ1) is 9.08. The van der Waals surface area contributed by atoms with Crippen LogP contribution in [0.1, 0.15) is 51.3 Å². The van der Waals surface area contributed by atoms with E-state index in [1.54, 1.807) is 13.2 Å². The molecule has 0 radical (unpaired) electrons. The standard InChI is InChI=1S/C14H21ClN2O2/c1-9(2)14-16-12(15)8-13(17-14)19-11-6-4-5-10(7-11)18-3/h8-11H,4-7H2,1-3H3. The Morgan fingerprint density at radius 1 is 1.26 bits per heavy atom. The van der Waals surface area contributed by atoms with Gasteiger partial charge in [0.25, 0.3) is 0 Å². The summed E-state index contributed by atoms with van der Waals surface area (Å²) in [6, 6.07) is 1.68. The van der Waals surface area contributed by atoms with E-state index < -0.39 is 0 Å². The molecule has 0 aliphatic heterocycles. The molecule has 1 heterocycles. The number of nitrogens with zero attached hydrogens (tertiary/aromatic N) is 2. The van der Waals surface area contributed by atoms with Crippen molar-refractivity contribution in [2.45, 2.75) is 57.7 Å². The van der Waals surface area contributed by atoms with Crippen LogP contribution in [0.5, 0.6) is 5.88 Å². The van der Waals surface area contributed by atoms with E-state index in [0.29, 0.717) is 17.1 Å². The maximum absolute atomic E-state index is 6.01. The van der Waals surface area contributed by atoms with Crippen molar-refractivity contribution >= 4 is 11.6 Å². The lowest BCUT2D eigenvalue weighted by Gasteiger charge is -2.28. The Morgan fingerprint density at radius 2 is 2.00 bits per heavy atom. The van der Waals surface area contributed by atoms with Gasteiger partial charge in [0, 0.05) is 25.5 Å². The molecule has 0 saturated heterocycles. The number of ether oxygens (including phenoxy) is 2. The molecular formula is C14H21ClN2O2. The molecule has 2 atom stereocenters. The molecule has 4 nitrogen and oxygen atoms in total. The number of hydrogen-bond donors (Lipinski definition) is 0. The minimum Gasteiger partial charge on any atom is -0.474 e. The van der Waals surface area contributed by atoms with Crippen LogP contribution in [0.15, 0.2) is 6.07 Å². The van der Waals surface area contributed by atoms with Gasteiger partial charge in [0.15, 0.2) is 0 Å². The zero-order valence-electron chi connectivity index (χ0n) is 11.7. The number of aromatic nitrogens is 2. The van der Waals surface area contributed by atoms with E-state index in [-0.39, 0.29) is 12.0 Å². The molecule has 1 aromatic rings. The van der Waals surface area contributed by atoms with Crippen LogP contribution >= 0.6 is 11.6 Å². The van der Waals surface area contributed by atoms with E-state index >= 15 is 0 Å². The summed E-state index contributed by atoms with van der Waals surface area (Å²) in [5.74, 6) is 1.53. The van der Waals surface area contributed by atoms with Gasteiger partial charge < -0.3 is 9.47 Å². The predicted octanol–water partition coefficient (Wildman–Crippen LogP) is 3.59. The Balaban J connectivity index is 2.06. The molecule has 2 unspecified atom stereocenters. The van der Waals surface area contributed by atoms with Gasteiger partial charge in [-0.2, -0.15) is 4.98 Å². The highest BCUT2D eigenvalue weighted by Gasteiger charge is 2.23. The lowest BCUT2D eigenvalue weighted by Crippen LogP contribution is -2.29. The average molecular weight is 285 g/mol. The van der Waals surface area contributed by atoms with E-state index in [1.165, 1.54) is 0 Å². The van der Waals surface area contributed by atoms with Crippen LogP contribution in [-0.4, -0.2) is 29.3 Å². The number of halogens is 1. The van der Waals surface area contributed by atoms with Crippen molar-refractivity contribution in [3.63, 3.8) is 0 Å². The second kappa shape index (κ2) is 6.53. The summed E-state index contributed by atoms with van der Waals surface area (Å²) < 4.78 is 11.3. The number of rotatable bonds is 4. The second-order valence-corrected chi connectivity index (χ2v) is 5.69. The van der Waals surface area contributed by atoms with Gasteiger partial charge in [-0.1, -0.05) is 25.4 Å². The molecule has 19 heavy (non-hydrogen) atoms. The average Bonchev–Trinajstić information content (AvgIpc) is 2.38. The number of hydrogen-bond acceptors (Lipinski definition) is 4. The zero-order chi connectivity index (χ0) is 13.8. The Hall–Kier alpha value is -0.870. The fraction of sp³-hybridized carbons (Fsp3) is 0.714. The Kier molecular flexibility index (Phi) is 4.99. The van der Waals surface area contributed by atoms with Crippen molar-refractivity contribution < 1.29 is 9.47 Å². The maximum Gasteiger partial charge on any atom is 0.218 e. The third-order valence-electron chi connectivity index (χ3n) is 3.40. The van der Waals surface area contributed by atoms with Gasteiger partial charge in [-0.05, 0) is 19.3 Å². The van der Waals surface area contributed by atoms with Gasteiger partial charge >= 0.3 is 0 Å². The molecule has 1 aliphatic rings. The molecule has 1 saturated carbocycles. The van der Waals surface area contributed by atoms with E-state index in [4.69, 9.17) is 21.1 Å². The van der Waals surface area contributed by atoms with Crippen molar-refractivity contribution in [3.8, 4) is 5.88 Å². The zero-order valence-corrected chi connectivity index (χ0v) is 12.5. The Labute approximate surface area is 119 Å².